The monoisotopic (exact) mass is 492 g/mol. The minimum atomic E-state index is -0.495. The molecule has 8 heteroatoms. The lowest BCUT2D eigenvalue weighted by Gasteiger charge is -2.20. The molecule has 0 bridgehead atoms. The van der Waals surface area contributed by atoms with Crippen molar-refractivity contribution in [1.82, 2.24) is 16.0 Å². The van der Waals surface area contributed by atoms with E-state index in [-0.39, 0.29) is 24.0 Å². The lowest BCUT2D eigenvalue weighted by atomic mass is 10.1. The van der Waals surface area contributed by atoms with E-state index in [2.05, 4.69) is 40.9 Å². The molecule has 1 aromatic rings. The van der Waals surface area contributed by atoms with Gasteiger partial charge in [0.25, 0.3) is 0 Å². The number of alkyl carbamates (subject to hydrolysis) is 1. The van der Waals surface area contributed by atoms with E-state index in [9.17, 15) is 4.79 Å². The minimum absolute atomic E-state index is 0. The molecule has 0 aliphatic carbocycles. The average molecular weight is 492 g/mol. The summed E-state index contributed by atoms with van der Waals surface area (Å²) in [4.78, 5) is 15.7. The van der Waals surface area contributed by atoms with Gasteiger partial charge in [-0.15, -0.1) is 24.0 Å². The van der Waals surface area contributed by atoms with Crippen LogP contribution in [0.25, 0.3) is 0 Å². The zero-order valence-corrected chi connectivity index (χ0v) is 19.5. The molecule has 0 unspecified atom stereocenters. The van der Waals surface area contributed by atoms with Crippen LogP contribution in [0.4, 0.5) is 4.79 Å². The maximum Gasteiger partial charge on any atom is 0.407 e. The van der Waals surface area contributed by atoms with E-state index in [1.54, 1.807) is 7.05 Å². The number of nitrogens with zero attached hydrogens (tertiary/aromatic N) is 1. The summed E-state index contributed by atoms with van der Waals surface area (Å²) in [7, 11) is 1.70. The number of amides is 1. The summed E-state index contributed by atoms with van der Waals surface area (Å²) >= 11 is 0. The van der Waals surface area contributed by atoms with Crippen LogP contribution in [0.5, 0.6) is 5.75 Å². The highest BCUT2D eigenvalue weighted by atomic mass is 127. The van der Waals surface area contributed by atoms with Crippen LogP contribution in [0.15, 0.2) is 23.2 Å². The molecule has 1 rings (SSSR count). The SMILES string of the molecule is CN=C(NCCNC(=O)OC(C)(C)C)NCCOc1cc(C)cc(C)c1.I. The Morgan fingerprint density at radius 1 is 1.00 bits per heavy atom. The van der Waals surface area contributed by atoms with Crippen molar-refractivity contribution >= 4 is 36.0 Å². The lowest BCUT2D eigenvalue weighted by molar-refractivity contribution is 0.0529. The third-order valence-electron chi connectivity index (χ3n) is 3.17. The average Bonchev–Trinajstić information content (AvgIpc) is 2.50. The van der Waals surface area contributed by atoms with Crippen molar-refractivity contribution in [2.24, 2.45) is 4.99 Å². The molecule has 27 heavy (non-hydrogen) atoms. The summed E-state index contributed by atoms with van der Waals surface area (Å²) in [6.07, 6.45) is -0.427. The van der Waals surface area contributed by atoms with E-state index >= 15 is 0 Å². The van der Waals surface area contributed by atoms with Crippen molar-refractivity contribution in [3.63, 3.8) is 0 Å². The lowest BCUT2D eigenvalue weighted by Crippen LogP contribution is -2.43. The predicted octanol–water partition coefficient (Wildman–Crippen LogP) is 2.99. The van der Waals surface area contributed by atoms with Crippen LogP contribution in [-0.4, -0.2) is 50.9 Å². The van der Waals surface area contributed by atoms with Crippen LogP contribution in [-0.2, 0) is 4.74 Å². The molecular weight excluding hydrogens is 459 g/mol. The molecule has 0 aliphatic heterocycles. The molecule has 0 heterocycles. The minimum Gasteiger partial charge on any atom is -0.492 e. The molecule has 0 saturated heterocycles. The Labute approximate surface area is 179 Å². The highest BCUT2D eigenvalue weighted by Crippen LogP contribution is 2.15. The standard InChI is InChI=1S/C19H32N4O3.HI/c1-14-11-15(2)13-16(12-14)25-10-9-22-17(20-6)21-7-8-23-18(24)26-19(3,4)5;/h11-13H,7-10H2,1-6H3,(H,23,24)(H2,20,21,22);1H. The number of benzene rings is 1. The van der Waals surface area contributed by atoms with Gasteiger partial charge in [-0.05, 0) is 57.9 Å². The molecule has 0 spiro atoms. The van der Waals surface area contributed by atoms with Gasteiger partial charge in [0.05, 0.1) is 6.54 Å². The molecule has 3 N–H and O–H groups in total. The van der Waals surface area contributed by atoms with Gasteiger partial charge in [-0.25, -0.2) is 4.79 Å². The van der Waals surface area contributed by atoms with Crippen molar-refractivity contribution in [1.29, 1.82) is 0 Å². The topological polar surface area (TPSA) is 84.0 Å². The van der Waals surface area contributed by atoms with Crippen LogP contribution in [0.1, 0.15) is 31.9 Å². The van der Waals surface area contributed by atoms with Gasteiger partial charge in [0.15, 0.2) is 5.96 Å². The van der Waals surface area contributed by atoms with Crippen LogP contribution < -0.4 is 20.7 Å². The Morgan fingerprint density at radius 2 is 1.56 bits per heavy atom. The van der Waals surface area contributed by atoms with Gasteiger partial charge in [-0.3, -0.25) is 4.99 Å². The van der Waals surface area contributed by atoms with Crippen molar-refractivity contribution in [2.45, 2.75) is 40.2 Å². The number of hydrogen-bond donors (Lipinski definition) is 3. The predicted molar refractivity (Wildman–Crippen MR) is 120 cm³/mol. The number of nitrogens with one attached hydrogen (secondary N) is 3. The van der Waals surface area contributed by atoms with E-state index in [1.807, 2.05) is 32.9 Å². The molecule has 1 amide bonds. The Morgan fingerprint density at radius 3 is 2.11 bits per heavy atom. The van der Waals surface area contributed by atoms with E-state index in [0.717, 1.165) is 5.75 Å². The van der Waals surface area contributed by atoms with Gasteiger partial charge < -0.3 is 25.4 Å². The van der Waals surface area contributed by atoms with Gasteiger partial charge in [0, 0.05) is 20.1 Å². The molecule has 0 aliphatic rings. The fourth-order valence-electron chi connectivity index (χ4n) is 2.23. The number of hydrogen-bond acceptors (Lipinski definition) is 4. The maximum atomic E-state index is 11.5. The summed E-state index contributed by atoms with van der Waals surface area (Å²) in [6, 6.07) is 6.15. The highest BCUT2D eigenvalue weighted by molar-refractivity contribution is 14.0. The smallest absolute Gasteiger partial charge is 0.407 e. The van der Waals surface area contributed by atoms with Crippen molar-refractivity contribution in [3.8, 4) is 5.75 Å². The quantitative estimate of drug-likeness (QED) is 0.236. The number of aliphatic imine (C=N–C) groups is 1. The van der Waals surface area contributed by atoms with E-state index in [1.165, 1.54) is 11.1 Å². The molecular formula is C19H33IN4O3. The first-order chi connectivity index (χ1) is 12.2. The van der Waals surface area contributed by atoms with Crippen LogP contribution >= 0.6 is 24.0 Å². The van der Waals surface area contributed by atoms with Crippen LogP contribution in [0, 0.1) is 13.8 Å². The molecule has 0 aromatic heterocycles. The molecule has 154 valence electrons. The second kappa shape index (κ2) is 12.6. The summed E-state index contributed by atoms with van der Waals surface area (Å²) in [5.74, 6) is 1.52. The Hall–Kier alpha value is -1.71. The molecule has 0 fully saturated rings. The van der Waals surface area contributed by atoms with E-state index in [4.69, 9.17) is 9.47 Å². The van der Waals surface area contributed by atoms with Crippen molar-refractivity contribution in [3.05, 3.63) is 29.3 Å². The van der Waals surface area contributed by atoms with Gasteiger partial charge in [0.2, 0.25) is 0 Å². The second-order valence-electron chi connectivity index (χ2n) is 7.03. The van der Waals surface area contributed by atoms with Crippen molar-refractivity contribution < 1.29 is 14.3 Å². The zero-order valence-electron chi connectivity index (χ0n) is 17.1. The molecule has 7 nitrogen and oxygen atoms in total. The number of aryl methyl sites for hydroxylation is 2. The van der Waals surface area contributed by atoms with Gasteiger partial charge in [-0.1, -0.05) is 6.07 Å². The Kier molecular flexibility index (Phi) is 11.8. The third kappa shape index (κ3) is 12.3. The van der Waals surface area contributed by atoms with Crippen LogP contribution in [0.2, 0.25) is 0 Å². The fourth-order valence-corrected chi connectivity index (χ4v) is 2.23. The number of carbonyl (C=O) groups is 1. The van der Waals surface area contributed by atoms with E-state index in [0.29, 0.717) is 32.2 Å². The summed E-state index contributed by atoms with van der Waals surface area (Å²) in [6.45, 7) is 11.7. The normalized spacial score (nSPS) is 11.3. The first-order valence-corrected chi connectivity index (χ1v) is 8.82. The molecule has 0 atom stereocenters. The van der Waals surface area contributed by atoms with E-state index < -0.39 is 11.7 Å². The summed E-state index contributed by atoms with van der Waals surface area (Å²) in [5, 5.41) is 8.97. The second-order valence-corrected chi connectivity index (χ2v) is 7.03. The van der Waals surface area contributed by atoms with Gasteiger partial charge in [0.1, 0.15) is 18.0 Å². The van der Waals surface area contributed by atoms with Gasteiger partial charge >= 0.3 is 6.09 Å². The number of carbonyl (C=O) groups excluding carboxylic acids is 1. The fraction of sp³-hybridized carbons (Fsp3) is 0.579. The van der Waals surface area contributed by atoms with Crippen LogP contribution in [0.3, 0.4) is 0 Å². The molecule has 0 radical (unpaired) electrons. The maximum absolute atomic E-state index is 11.5. The Balaban J connectivity index is 0.00000676. The Bertz CT molecular complexity index is 595. The molecule has 0 saturated carbocycles. The number of guanidine groups is 1. The van der Waals surface area contributed by atoms with Gasteiger partial charge in [-0.2, -0.15) is 0 Å². The first-order valence-electron chi connectivity index (χ1n) is 8.82. The highest BCUT2D eigenvalue weighted by Gasteiger charge is 2.15. The van der Waals surface area contributed by atoms with Crippen molar-refractivity contribution in [2.75, 3.05) is 33.3 Å². The first kappa shape index (κ1) is 25.3. The molecule has 1 aromatic carbocycles. The number of halogens is 1. The third-order valence-corrected chi connectivity index (χ3v) is 3.17. The number of rotatable bonds is 7. The summed E-state index contributed by atoms with van der Waals surface area (Å²) < 4.78 is 10.9. The zero-order chi connectivity index (χ0) is 19.6. The largest absolute Gasteiger partial charge is 0.492 e. The summed E-state index contributed by atoms with van der Waals surface area (Å²) in [5.41, 5.74) is 1.87. The number of ether oxygens (including phenoxy) is 2.